The third-order valence-electron chi connectivity index (χ3n) is 4.07. The van der Waals surface area contributed by atoms with E-state index in [1.165, 1.54) is 0 Å². The number of rotatable bonds is 3. The zero-order chi connectivity index (χ0) is 15.6. The van der Waals surface area contributed by atoms with Crippen LogP contribution in [0.2, 0.25) is 0 Å². The quantitative estimate of drug-likeness (QED) is 0.554. The molecular weight excluding hydrogens is 271 g/mol. The van der Waals surface area contributed by atoms with Crippen molar-refractivity contribution in [3.63, 3.8) is 0 Å². The molecule has 0 unspecified atom stereocenters. The summed E-state index contributed by atoms with van der Waals surface area (Å²) in [7, 11) is 0. The fraction of sp³-hybridized carbons (Fsp3) is 0.143. The van der Waals surface area contributed by atoms with Gasteiger partial charge in [0.1, 0.15) is 0 Å². The average molecular weight is 290 g/mol. The molecule has 0 N–H and O–H groups in total. The van der Waals surface area contributed by atoms with Crippen LogP contribution in [-0.2, 0) is 5.67 Å². The fourth-order valence-electron chi connectivity index (χ4n) is 2.73. The Kier molecular flexibility index (Phi) is 3.81. The summed E-state index contributed by atoms with van der Waals surface area (Å²) in [5.74, 6) is 0. The van der Waals surface area contributed by atoms with Gasteiger partial charge in [0.05, 0.1) is 0 Å². The number of aryl methyl sites for hydroxylation is 2. The van der Waals surface area contributed by atoms with Gasteiger partial charge in [0.15, 0.2) is 5.67 Å². The van der Waals surface area contributed by atoms with E-state index >= 15 is 4.39 Å². The highest BCUT2D eigenvalue weighted by molar-refractivity contribution is 5.48. The van der Waals surface area contributed by atoms with Gasteiger partial charge in [-0.3, -0.25) is 0 Å². The Bertz CT molecular complexity index is 695. The van der Waals surface area contributed by atoms with Gasteiger partial charge in [0.25, 0.3) is 0 Å². The lowest BCUT2D eigenvalue weighted by Crippen LogP contribution is -2.23. The lowest BCUT2D eigenvalue weighted by Gasteiger charge is -2.27. The minimum atomic E-state index is -1.64. The minimum Gasteiger partial charge on any atom is -0.228 e. The first kappa shape index (κ1) is 14.5. The van der Waals surface area contributed by atoms with Crippen molar-refractivity contribution in [3.8, 4) is 0 Å². The largest absolute Gasteiger partial charge is 0.228 e. The second-order valence-corrected chi connectivity index (χ2v) is 5.76. The smallest absolute Gasteiger partial charge is 0.186 e. The normalized spacial score (nSPS) is 11.4. The molecule has 0 fully saturated rings. The number of halogens is 1. The van der Waals surface area contributed by atoms with Crippen LogP contribution in [-0.4, -0.2) is 0 Å². The predicted octanol–water partition coefficient (Wildman–Crippen LogP) is 5.56. The third kappa shape index (κ3) is 2.55. The molecule has 110 valence electrons. The van der Waals surface area contributed by atoms with Crippen molar-refractivity contribution in [1.29, 1.82) is 0 Å². The van der Waals surface area contributed by atoms with Crippen LogP contribution < -0.4 is 0 Å². The fourth-order valence-corrected chi connectivity index (χ4v) is 2.73. The molecule has 0 aliphatic rings. The van der Waals surface area contributed by atoms with Crippen molar-refractivity contribution in [2.75, 3.05) is 0 Å². The zero-order valence-corrected chi connectivity index (χ0v) is 12.9. The first-order valence-corrected chi connectivity index (χ1v) is 7.49. The first-order valence-electron chi connectivity index (χ1n) is 7.49. The average Bonchev–Trinajstić information content (AvgIpc) is 2.56. The van der Waals surface area contributed by atoms with Crippen molar-refractivity contribution in [1.82, 2.24) is 0 Å². The summed E-state index contributed by atoms with van der Waals surface area (Å²) in [6.07, 6.45) is 0. The zero-order valence-electron chi connectivity index (χ0n) is 12.9. The van der Waals surface area contributed by atoms with E-state index in [1.807, 2.05) is 92.7 Å². The Morgan fingerprint density at radius 3 is 1.32 bits per heavy atom. The molecule has 0 saturated carbocycles. The van der Waals surface area contributed by atoms with Gasteiger partial charge in [-0.25, -0.2) is 4.39 Å². The summed E-state index contributed by atoms with van der Waals surface area (Å²) in [5.41, 5.74) is 2.60. The van der Waals surface area contributed by atoms with Crippen LogP contribution in [0.3, 0.4) is 0 Å². The van der Waals surface area contributed by atoms with Crippen molar-refractivity contribution in [2.24, 2.45) is 0 Å². The van der Waals surface area contributed by atoms with E-state index in [4.69, 9.17) is 0 Å². The van der Waals surface area contributed by atoms with Gasteiger partial charge in [-0.1, -0.05) is 90.0 Å². The molecular formula is C21H19F. The van der Waals surface area contributed by atoms with E-state index < -0.39 is 5.67 Å². The SMILES string of the molecule is Cc1ccc(C(F)(c2ccccc2)c2ccc(C)cc2)cc1. The maximum absolute atomic E-state index is 16.3. The summed E-state index contributed by atoms with van der Waals surface area (Å²) in [6, 6.07) is 24.7. The molecule has 0 atom stereocenters. The molecule has 0 spiro atoms. The van der Waals surface area contributed by atoms with Crippen molar-refractivity contribution in [3.05, 3.63) is 107 Å². The molecule has 3 rings (SSSR count). The Morgan fingerprint density at radius 1 is 0.545 bits per heavy atom. The van der Waals surface area contributed by atoms with Crippen LogP contribution in [0.4, 0.5) is 4.39 Å². The second-order valence-electron chi connectivity index (χ2n) is 5.76. The van der Waals surface area contributed by atoms with Gasteiger partial charge in [0, 0.05) is 0 Å². The molecule has 22 heavy (non-hydrogen) atoms. The van der Waals surface area contributed by atoms with Crippen LogP contribution >= 0.6 is 0 Å². The highest BCUT2D eigenvalue weighted by atomic mass is 19.1. The molecule has 0 nitrogen and oxygen atoms in total. The summed E-state index contributed by atoms with van der Waals surface area (Å²) < 4.78 is 16.3. The van der Waals surface area contributed by atoms with Gasteiger partial charge in [-0.05, 0) is 30.5 Å². The molecule has 0 aliphatic heterocycles. The van der Waals surface area contributed by atoms with Gasteiger partial charge < -0.3 is 0 Å². The number of benzene rings is 3. The molecule has 0 radical (unpaired) electrons. The highest BCUT2D eigenvalue weighted by Gasteiger charge is 2.36. The van der Waals surface area contributed by atoms with Crippen molar-refractivity contribution >= 4 is 0 Å². The van der Waals surface area contributed by atoms with Crippen LogP contribution in [0.15, 0.2) is 78.9 Å². The van der Waals surface area contributed by atoms with Gasteiger partial charge in [0.2, 0.25) is 0 Å². The standard InChI is InChI=1S/C21H19F/c1-16-8-12-19(13-9-16)21(22,18-6-4-3-5-7-18)20-14-10-17(2)11-15-20/h3-15H,1-2H3. The van der Waals surface area contributed by atoms with E-state index in [2.05, 4.69) is 0 Å². The molecule has 0 saturated heterocycles. The van der Waals surface area contributed by atoms with E-state index in [1.54, 1.807) is 0 Å². The Labute approximate surface area is 131 Å². The monoisotopic (exact) mass is 290 g/mol. The number of hydrogen-bond acceptors (Lipinski definition) is 0. The van der Waals surface area contributed by atoms with E-state index in [9.17, 15) is 0 Å². The molecule has 3 aromatic rings. The second kappa shape index (κ2) is 5.76. The van der Waals surface area contributed by atoms with Gasteiger partial charge in [-0.2, -0.15) is 0 Å². The predicted molar refractivity (Wildman–Crippen MR) is 89.8 cm³/mol. The van der Waals surface area contributed by atoms with Gasteiger partial charge in [-0.15, -0.1) is 0 Å². The number of alkyl halides is 1. The molecule has 0 bridgehead atoms. The maximum atomic E-state index is 16.3. The lowest BCUT2D eigenvalue weighted by molar-refractivity contribution is 0.281. The third-order valence-corrected chi connectivity index (χ3v) is 4.07. The van der Waals surface area contributed by atoms with E-state index in [-0.39, 0.29) is 0 Å². The van der Waals surface area contributed by atoms with Crippen molar-refractivity contribution < 1.29 is 4.39 Å². The summed E-state index contributed by atoms with van der Waals surface area (Å²) in [4.78, 5) is 0. The van der Waals surface area contributed by atoms with Crippen LogP contribution in [0.1, 0.15) is 27.8 Å². The van der Waals surface area contributed by atoms with Crippen LogP contribution in [0.25, 0.3) is 0 Å². The molecule has 0 aromatic heterocycles. The molecule has 1 heteroatoms. The van der Waals surface area contributed by atoms with Crippen molar-refractivity contribution in [2.45, 2.75) is 19.5 Å². The van der Waals surface area contributed by atoms with Gasteiger partial charge >= 0.3 is 0 Å². The molecule has 3 aromatic carbocycles. The molecule has 0 heterocycles. The van der Waals surface area contributed by atoms with Crippen LogP contribution in [0.5, 0.6) is 0 Å². The van der Waals surface area contributed by atoms with E-state index in [0.29, 0.717) is 16.7 Å². The highest BCUT2D eigenvalue weighted by Crippen LogP contribution is 2.40. The topological polar surface area (TPSA) is 0 Å². The Morgan fingerprint density at radius 2 is 0.909 bits per heavy atom. The number of hydrogen-bond donors (Lipinski definition) is 0. The first-order chi connectivity index (χ1) is 10.6. The van der Waals surface area contributed by atoms with E-state index in [0.717, 1.165) is 11.1 Å². The molecule has 0 aliphatic carbocycles. The Hall–Kier alpha value is -2.41. The molecule has 0 amide bonds. The summed E-state index contributed by atoms with van der Waals surface area (Å²) >= 11 is 0. The maximum Gasteiger partial charge on any atom is 0.186 e. The summed E-state index contributed by atoms with van der Waals surface area (Å²) in [5, 5.41) is 0. The Balaban J connectivity index is 2.22. The van der Waals surface area contributed by atoms with Crippen LogP contribution in [0, 0.1) is 13.8 Å². The lowest BCUT2D eigenvalue weighted by atomic mass is 9.81. The summed E-state index contributed by atoms with van der Waals surface area (Å²) in [6.45, 7) is 4.02. The minimum absolute atomic E-state index is 0.655.